The summed E-state index contributed by atoms with van der Waals surface area (Å²) >= 11 is 1.60. The van der Waals surface area contributed by atoms with E-state index in [-0.39, 0.29) is 18.3 Å². The number of carbonyl (C=O) groups excluding carboxylic acids is 2. The van der Waals surface area contributed by atoms with Crippen molar-refractivity contribution in [2.75, 3.05) is 19.7 Å². The van der Waals surface area contributed by atoms with E-state index in [1.54, 1.807) is 11.3 Å². The highest BCUT2D eigenvalue weighted by atomic mass is 32.1. The quantitative estimate of drug-likeness (QED) is 0.819. The van der Waals surface area contributed by atoms with Crippen LogP contribution in [0.5, 0.6) is 0 Å². The molecular weight excluding hydrogens is 264 g/mol. The predicted octanol–water partition coefficient (Wildman–Crippen LogP) is 1.00. The van der Waals surface area contributed by atoms with Gasteiger partial charge in [-0.3, -0.25) is 14.5 Å². The zero-order valence-corrected chi connectivity index (χ0v) is 11.7. The van der Waals surface area contributed by atoms with E-state index in [0.29, 0.717) is 19.7 Å². The summed E-state index contributed by atoms with van der Waals surface area (Å²) in [5.74, 6) is -0.407. The molecule has 6 heteroatoms. The Hall–Kier alpha value is -1.40. The number of likely N-dealkylation sites (N-methyl/N-ethyl adjacent to an activating group) is 1. The van der Waals surface area contributed by atoms with E-state index in [2.05, 4.69) is 5.32 Å². The van der Waals surface area contributed by atoms with Gasteiger partial charge in [-0.25, -0.2) is 0 Å². The van der Waals surface area contributed by atoms with Crippen molar-refractivity contribution in [1.29, 1.82) is 0 Å². The van der Waals surface area contributed by atoms with Crippen LogP contribution < -0.4 is 5.32 Å². The van der Waals surface area contributed by atoms with Crippen LogP contribution in [0.4, 0.5) is 0 Å². The zero-order valence-electron chi connectivity index (χ0n) is 10.9. The van der Waals surface area contributed by atoms with E-state index in [1.165, 1.54) is 0 Å². The van der Waals surface area contributed by atoms with E-state index in [0.717, 1.165) is 11.4 Å². The van der Waals surface area contributed by atoms with Crippen molar-refractivity contribution in [2.45, 2.75) is 25.9 Å². The number of hydrogen-bond acceptors (Lipinski definition) is 5. The Bertz CT molecular complexity index is 433. The molecule has 1 aliphatic rings. The molecule has 0 aliphatic carbocycles. The molecule has 1 atom stereocenters. The number of nitrogens with zero attached hydrogens (tertiary/aromatic N) is 1. The standard InChI is InChI=1S/C13H18N2O3S/c1-2-15-5-6-18-13(17)11(15)8-12(16)14-9-10-4-3-7-19-10/h3-4,7,11H,2,5-6,8-9H2,1H3,(H,14,16). The third-order valence-corrected chi connectivity index (χ3v) is 4.04. The molecule has 1 amide bonds. The van der Waals surface area contributed by atoms with Crippen LogP contribution in [0, 0.1) is 0 Å². The van der Waals surface area contributed by atoms with Crippen LogP contribution >= 0.6 is 11.3 Å². The maximum absolute atomic E-state index is 11.9. The lowest BCUT2D eigenvalue weighted by molar-refractivity contribution is -0.159. The van der Waals surface area contributed by atoms with Crippen molar-refractivity contribution in [3.63, 3.8) is 0 Å². The number of carbonyl (C=O) groups is 2. The van der Waals surface area contributed by atoms with Crippen molar-refractivity contribution >= 4 is 23.2 Å². The van der Waals surface area contributed by atoms with Gasteiger partial charge in [-0.05, 0) is 18.0 Å². The Kier molecular flexibility index (Phi) is 4.93. The molecule has 0 bridgehead atoms. The highest BCUT2D eigenvalue weighted by Gasteiger charge is 2.32. The lowest BCUT2D eigenvalue weighted by atomic mass is 10.1. The number of amides is 1. The number of rotatable bonds is 5. The molecule has 104 valence electrons. The predicted molar refractivity (Wildman–Crippen MR) is 72.8 cm³/mol. The maximum Gasteiger partial charge on any atom is 0.323 e. The molecule has 5 nitrogen and oxygen atoms in total. The normalized spacial score (nSPS) is 20.1. The molecule has 2 rings (SSSR count). The molecule has 0 radical (unpaired) electrons. The minimum atomic E-state index is -0.443. The number of morpholine rings is 1. The van der Waals surface area contributed by atoms with Gasteiger partial charge in [0.15, 0.2) is 0 Å². The molecule has 1 unspecified atom stereocenters. The molecule has 2 heterocycles. The summed E-state index contributed by atoms with van der Waals surface area (Å²) in [5.41, 5.74) is 0. The van der Waals surface area contributed by atoms with Gasteiger partial charge < -0.3 is 10.1 Å². The molecule has 1 aromatic heterocycles. The van der Waals surface area contributed by atoms with Crippen molar-refractivity contribution in [1.82, 2.24) is 10.2 Å². The van der Waals surface area contributed by atoms with Gasteiger partial charge in [0.05, 0.1) is 13.0 Å². The molecule has 0 saturated carbocycles. The fourth-order valence-electron chi connectivity index (χ4n) is 2.10. The number of esters is 1. The summed E-state index contributed by atoms with van der Waals surface area (Å²) in [6.07, 6.45) is 0.165. The number of hydrogen-bond donors (Lipinski definition) is 1. The molecule has 1 N–H and O–H groups in total. The van der Waals surface area contributed by atoms with Gasteiger partial charge in [0.1, 0.15) is 12.6 Å². The van der Waals surface area contributed by atoms with Crippen LogP contribution in [-0.4, -0.2) is 42.5 Å². The van der Waals surface area contributed by atoms with Gasteiger partial charge in [-0.15, -0.1) is 11.3 Å². The summed E-state index contributed by atoms with van der Waals surface area (Å²) in [6.45, 7) is 4.36. The van der Waals surface area contributed by atoms with Gasteiger partial charge in [-0.1, -0.05) is 13.0 Å². The van der Waals surface area contributed by atoms with E-state index >= 15 is 0 Å². The van der Waals surface area contributed by atoms with Crippen LogP contribution in [0.2, 0.25) is 0 Å². The first kappa shape index (κ1) is 14.0. The third kappa shape index (κ3) is 3.78. The summed E-state index contributed by atoms with van der Waals surface area (Å²) in [7, 11) is 0. The fourth-order valence-corrected chi connectivity index (χ4v) is 2.75. The maximum atomic E-state index is 11.9. The van der Waals surface area contributed by atoms with Gasteiger partial charge in [0, 0.05) is 11.4 Å². The average molecular weight is 282 g/mol. The van der Waals surface area contributed by atoms with E-state index < -0.39 is 6.04 Å². The first-order valence-electron chi connectivity index (χ1n) is 6.40. The molecular formula is C13H18N2O3S. The molecule has 1 aliphatic heterocycles. The van der Waals surface area contributed by atoms with Gasteiger partial charge >= 0.3 is 5.97 Å². The lowest BCUT2D eigenvalue weighted by Gasteiger charge is -2.32. The van der Waals surface area contributed by atoms with Crippen LogP contribution in [-0.2, 0) is 20.9 Å². The minimum Gasteiger partial charge on any atom is -0.463 e. The molecule has 1 fully saturated rings. The molecule has 0 aromatic carbocycles. The Morgan fingerprint density at radius 1 is 1.63 bits per heavy atom. The lowest BCUT2D eigenvalue weighted by Crippen LogP contribution is -2.50. The SMILES string of the molecule is CCN1CCOC(=O)C1CC(=O)NCc1cccs1. The van der Waals surface area contributed by atoms with Crippen molar-refractivity contribution in [3.8, 4) is 0 Å². The Labute approximate surface area is 116 Å². The summed E-state index contributed by atoms with van der Waals surface area (Å²) in [4.78, 5) is 26.6. The highest BCUT2D eigenvalue weighted by Crippen LogP contribution is 2.12. The largest absolute Gasteiger partial charge is 0.463 e. The summed E-state index contributed by atoms with van der Waals surface area (Å²) in [6, 6.07) is 3.48. The van der Waals surface area contributed by atoms with Crippen LogP contribution in [0.15, 0.2) is 17.5 Å². The average Bonchev–Trinajstić information content (AvgIpc) is 2.92. The number of ether oxygens (including phenoxy) is 1. The van der Waals surface area contributed by atoms with Gasteiger partial charge in [0.25, 0.3) is 0 Å². The number of thiophene rings is 1. The number of nitrogens with one attached hydrogen (secondary N) is 1. The molecule has 19 heavy (non-hydrogen) atoms. The Balaban J connectivity index is 1.84. The highest BCUT2D eigenvalue weighted by molar-refractivity contribution is 7.09. The van der Waals surface area contributed by atoms with Crippen molar-refractivity contribution in [2.24, 2.45) is 0 Å². The second kappa shape index (κ2) is 6.68. The summed E-state index contributed by atoms with van der Waals surface area (Å²) < 4.78 is 5.02. The van der Waals surface area contributed by atoms with Crippen molar-refractivity contribution in [3.05, 3.63) is 22.4 Å². The second-order valence-electron chi connectivity index (χ2n) is 4.37. The Morgan fingerprint density at radius 2 is 2.47 bits per heavy atom. The monoisotopic (exact) mass is 282 g/mol. The van der Waals surface area contributed by atoms with Crippen LogP contribution in [0.25, 0.3) is 0 Å². The first-order chi connectivity index (χ1) is 9.20. The molecule has 1 saturated heterocycles. The Morgan fingerprint density at radius 3 is 3.16 bits per heavy atom. The minimum absolute atomic E-state index is 0.115. The number of cyclic esters (lactones) is 1. The van der Waals surface area contributed by atoms with Crippen LogP contribution in [0.3, 0.4) is 0 Å². The zero-order chi connectivity index (χ0) is 13.7. The summed E-state index contributed by atoms with van der Waals surface area (Å²) in [5, 5.41) is 4.81. The van der Waals surface area contributed by atoms with E-state index in [4.69, 9.17) is 4.74 Å². The smallest absolute Gasteiger partial charge is 0.323 e. The van der Waals surface area contributed by atoms with E-state index in [1.807, 2.05) is 29.3 Å². The van der Waals surface area contributed by atoms with Crippen LogP contribution in [0.1, 0.15) is 18.2 Å². The fraction of sp³-hybridized carbons (Fsp3) is 0.538. The first-order valence-corrected chi connectivity index (χ1v) is 7.28. The molecule has 1 aromatic rings. The topological polar surface area (TPSA) is 58.6 Å². The molecule has 0 spiro atoms. The van der Waals surface area contributed by atoms with Gasteiger partial charge in [0.2, 0.25) is 5.91 Å². The van der Waals surface area contributed by atoms with Crippen molar-refractivity contribution < 1.29 is 14.3 Å². The second-order valence-corrected chi connectivity index (χ2v) is 5.40. The van der Waals surface area contributed by atoms with E-state index in [9.17, 15) is 9.59 Å². The van der Waals surface area contributed by atoms with Gasteiger partial charge in [-0.2, -0.15) is 0 Å². The third-order valence-electron chi connectivity index (χ3n) is 3.16.